The lowest BCUT2D eigenvalue weighted by atomic mass is 9.81. The Bertz CT molecular complexity index is 1080. The normalized spacial score (nSPS) is 15.5. The Kier molecular flexibility index (Phi) is 7.72. The maximum atomic E-state index is 10.9. The van der Waals surface area contributed by atoms with Crippen LogP contribution < -0.4 is 10.2 Å². The Balaban J connectivity index is 1.40. The van der Waals surface area contributed by atoms with E-state index < -0.39 is 5.97 Å². The van der Waals surface area contributed by atoms with Crippen molar-refractivity contribution in [2.45, 2.75) is 31.6 Å². The Labute approximate surface area is 193 Å². The predicted octanol–water partition coefficient (Wildman–Crippen LogP) is 5.07. The number of hydrogen-bond donors (Lipinski definition) is 2. The second-order valence-electron chi connectivity index (χ2n) is 8.05. The molecular formula is C27H28N2O4. The Morgan fingerprint density at radius 3 is 2.79 bits per heavy atom. The van der Waals surface area contributed by atoms with Crippen LogP contribution in [0.5, 0.6) is 5.75 Å². The molecule has 2 N–H and O–H groups in total. The first-order valence-corrected chi connectivity index (χ1v) is 11.2. The van der Waals surface area contributed by atoms with Gasteiger partial charge in [0.05, 0.1) is 12.3 Å². The van der Waals surface area contributed by atoms with Crippen LogP contribution in [-0.2, 0) is 16.1 Å². The van der Waals surface area contributed by atoms with E-state index in [0.29, 0.717) is 18.3 Å². The van der Waals surface area contributed by atoms with Gasteiger partial charge in [-0.25, -0.2) is 4.79 Å². The van der Waals surface area contributed by atoms with Crippen LogP contribution in [0.3, 0.4) is 0 Å². The number of hydrogen-bond acceptors (Lipinski definition) is 5. The van der Waals surface area contributed by atoms with Gasteiger partial charge >= 0.3 is 5.97 Å². The van der Waals surface area contributed by atoms with Crippen molar-refractivity contribution in [1.82, 2.24) is 10.5 Å². The van der Waals surface area contributed by atoms with E-state index in [1.165, 1.54) is 5.56 Å². The zero-order chi connectivity index (χ0) is 22.9. The molecule has 33 heavy (non-hydrogen) atoms. The highest BCUT2D eigenvalue weighted by atomic mass is 16.6. The summed E-state index contributed by atoms with van der Waals surface area (Å²) in [5, 5.41) is 8.94. The van der Waals surface area contributed by atoms with Crippen molar-refractivity contribution in [2.24, 2.45) is 0 Å². The van der Waals surface area contributed by atoms with Gasteiger partial charge in [-0.3, -0.25) is 15.3 Å². The second kappa shape index (κ2) is 11.3. The van der Waals surface area contributed by atoms with Crippen molar-refractivity contribution in [3.05, 3.63) is 95.3 Å². The first-order valence-electron chi connectivity index (χ1n) is 11.2. The fourth-order valence-electron chi connectivity index (χ4n) is 4.24. The smallest absolute Gasteiger partial charge is 0.341 e. The number of fused-ring (bicyclic) bond motifs is 1. The Hall–Kier alpha value is -3.64. The van der Waals surface area contributed by atoms with E-state index in [1.807, 2.05) is 66.9 Å². The van der Waals surface area contributed by atoms with Gasteiger partial charge in [-0.05, 0) is 72.1 Å². The summed E-state index contributed by atoms with van der Waals surface area (Å²) in [6, 6.07) is 19.9. The third-order valence-electron chi connectivity index (χ3n) is 5.77. The monoisotopic (exact) mass is 444 g/mol. The summed E-state index contributed by atoms with van der Waals surface area (Å²) in [6.07, 6.45) is 9.48. The number of nitrogens with one attached hydrogen (secondary N) is 1. The maximum absolute atomic E-state index is 10.9. The summed E-state index contributed by atoms with van der Waals surface area (Å²) in [4.78, 5) is 21.0. The van der Waals surface area contributed by atoms with E-state index in [0.717, 1.165) is 48.1 Å². The number of carboxylic acid groups (broad SMARTS) is 1. The van der Waals surface area contributed by atoms with Crippen molar-refractivity contribution < 1.29 is 19.5 Å². The number of ether oxygens (including phenoxy) is 1. The van der Waals surface area contributed by atoms with Crippen LogP contribution >= 0.6 is 0 Å². The van der Waals surface area contributed by atoms with E-state index in [9.17, 15) is 4.79 Å². The molecule has 0 saturated carbocycles. The molecule has 1 aliphatic carbocycles. The highest BCUT2D eigenvalue weighted by Gasteiger charge is 2.23. The van der Waals surface area contributed by atoms with Crippen molar-refractivity contribution in [3.8, 4) is 5.75 Å². The predicted molar refractivity (Wildman–Crippen MR) is 128 cm³/mol. The summed E-state index contributed by atoms with van der Waals surface area (Å²) >= 11 is 0. The molecule has 0 bridgehead atoms. The number of nitrogens with zero attached hydrogens (tertiary/aromatic N) is 1. The average molecular weight is 445 g/mol. The van der Waals surface area contributed by atoms with Gasteiger partial charge in [-0.1, -0.05) is 48.5 Å². The fourth-order valence-corrected chi connectivity index (χ4v) is 4.24. The molecule has 1 aromatic heterocycles. The molecule has 1 heterocycles. The molecule has 0 amide bonds. The minimum atomic E-state index is -0.965. The summed E-state index contributed by atoms with van der Waals surface area (Å²) in [5.41, 5.74) is 8.40. The van der Waals surface area contributed by atoms with Crippen LogP contribution in [0.1, 0.15) is 47.4 Å². The molecule has 1 aliphatic rings. The number of aliphatic carboxylic acids is 1. The number of carboxylic acids is 1. The zero-order valence-corrected chi connectivity index (χ0v) is 18.4. The number of aromatic nitrogens is 1. The second-order valence-corrected chi connectivity index (χ2v) is 8.05. The maximum Gasteiger partial charge on any atom is 0.341 e. The molecule has 3 aromatic rings. The molecule has 1 atom stereocenters. The lowest BCUT2D eigenvalue weighted by molar-refractivity contribution is -0.139. The Morgan fingerprint density at radius 1 is 1.12 bits per heavy atom. The van der Waals surface area contributed by atoms with Gasteiger partial charge in [0.2, 0.25) is 0 Å². The largest absolute Gasteiger partial charge is 0.482 e. The first kappa shape index (κ1) is 22.6. The third-order valence-corrected chi connectivity index (χ3v) is 5.77. The number of rotatable bonds is 10. The summed E-state index contributed by atoms with van der Waals surface area (Å²) in [6.45, 7) is 0.223. The van der Waals surface area contributed by atoms with Crippen molar-refractivity contribution >= 4 is 17.7 Å². The van der Waals surface area contributed by atoms with Crippen molar-refractivity contribution in [3.63, 3.8) is 0 Å². The topological polar surface area (TPSA) is 80.7 Å². The molecule has 0 spiro atoms. The van der Waals surface area contributed by atoms with Crippen molar-refractivity contribution in [2.75, 3.05) is 13.2 Å². The van der Waals surface area contributed by atoms with E-state index in [2.05, 4.69) is 16.5 Å². The number of benzene rings is 2. The minimum Gasteiger partial charge on any atom is -0.482 e. The van der Waals surface area contributed by atoms with E-state index in [-0.39, 0.29) is 6.61 Å². The van der Waals surface area contributed by atoms with Crippen LogP contribution in [0.25, 0.3) is 11.8 Å². The molecule has 6 heteroatoms. The van der Waals surface area contributed by atoms with E-state index in [1.54, 1.807) is 6.20 Å². The standard InChI is InChI=1S/C27H28N2O4/c30-27(31)19-32-26-13-5-11-23-21(10-4-12-24(23)26)14-16-33-29-25(22-8-2-1-3-9-22)17-20-7-6-15-28-18-20/h1-3,5-9,11,13,15,17-18,21,29H,4,10,12,14,16,19H2,(H,30,31). The van der Waals surface area contributed by atoms with Crippen LogP contribution in [0.15, 0.2) is 73.1 Å². The van der Waals surface area contributed by atoms with Gasteiger partial charge in [0.15, 0.2) is 6.61 Å². The highest BCUT2D eigenvalue weighted by molar-refractivity contribution is 5.79. The molecule has 0 fully saturated rings. The molecule has 0 saturated heterocycles. The lowest BCUT2D eigenvalue weighted by Gasteiger charge is -2.27. The molecule has 170 valence electrons. The zero-order valence-electron chi connectivity index (χ0n) is 18.4. The van der Waals surface area contributed by atoms with E-state index >= 15 is 0 Å². The first-order chi connectivity index (χ1) is 16.2. The molecule has 0 aliphatic heterocycles. The third kappa shape index (κ3) is 6.20. The van der Waals surface area contributed by atoms with E-state index in [4.69, 9.17) is 14.7 Å². The quantitative estimate of drug-likeness (QED) is 0.336. The number of carbonyl (C=O) groups is 1. The highest BCUT2D eigenvalue weighted by Crippen LogP contribution is 2.38. The minimum absolute atomic E-state index is 0.320. The summed E-state index contributed by atoms with van der Waals surface area (Å²) in [7, 11) is 0. The molecule has 0 radical (unpaired) electrons. The SMILES string of the molecule is O=C(O)COc1cccc2c1CCCC2CCONC(=Cc1cccnc1)c1ccccc1. The van der Waals surface area contributed by atoms with Crippen LogP contribution in [0.4, 0.5) is 0 Å². The lowest BCUT2D eigenvalue weighted by Crippen LogP contribution is -2.18. The molecule has 4 rings (SSSR count). The Morgan fingerprint density at radius 2 is 2.00 bits per heavy atom. The fraction of sp³-hybridized carbons (Fsp3) is 0.259. The van der Waals surface area contributed by atoms with Gasteiger partial charge < -0.3 is 9.84 Å². The van der Waals surface area contributed by atoms with Crippen molar-refractivity contribution in [1.29, 1.82) is 0 Å². The number of hydroxylamine groups is 1. The van der Waals surface area contributed by atoms with Crippen LogP contribution in [-0.4, -0.2) is 29.3 Å². The molecule has 1 unspecified atom stereocenters. The van der Waals surface area contributed by atoms with Gasteiger partial charge in [-0.15, -0.1) is 0 Å². The van der Waals surface area contributed by atoms with Gasteiger partial charge in [-0.2, -0.15) is 0 Å². The molecule has 6 nitrogen and oxygen atoms in total. The molecular weight excluding hydrogens is 416 g/mol. The van der Waals surface area contributed by atoms with Gasteiger partial charge in [0.1, 0.15) is 5.75 Å². The summed E-state index contributed by atoms with van der Waals surface area (Å²) < 4.78 is 5.52. The van der Waals surface area contributed by atoms with Crippen LogP contribution in [0, 0.1) is 0 Å². The molecule has 2 aromatic carbocycles. The van der Waals surface area contributed by atoms with Crippen LogP contribution in [0.2, 0.25) is 0 Å². The average Bonchev–Trinajstić information content (AvgIpc) is 2.85. The van der Waals surface area contributed by atoms with Gasteiger partial charge in [0.25, 0.3) is 0 Å². The number of pyridine rings is 1. The van der Waals surface area contributed by atoms with Gasteiger partial charge in [0, 0.05) is 12.4 Å². The summed E-state index contributed by atoms with van der Waals surface area (Å²) in [5.74, 6) is 0.0730.